The van der Waals surface area contributed by atoms with Gasteiger partial charge in [-0.05, 0) is 61.4 Å². The Kier molecular flexibility index (Phi) is 9.51. The van der Waals surface area contributed by atoms with Crippen LogP contribution in [0.25, 0.3) is 0 Å². The van der Waals surface area contributed by atoms with Gasteiger partial charge in [0.15, 0.2) is 11.5 Å². The molecule has 0 spiro atoms. The molecule has 0 aromatic heterocycles. The molecule has 34 heavy (non-hydrogen) atoms. The summed E-state index contributed by atoms with van der Waals surface area (Å²) in [5, 5.41) is 13.1. The Balaban J connectivity index is 2.05. The van der Waals surface area contributed by atoms with Gasteiger partial charge in [0, 0.05) is 18.9 Å². The first-order valence-electron chi connectivity index (χ1n) is 11.7. The summed E-state index contributed by atoms with van der Waals surface area (Å²) in [4.78, 5) is 13.1. The molecule has 0 heterocycles. The van der Waals surface area contributed by atoms with Crippen molar-refractivity contribution in [2.75, 3.05) is 13.7 Å². The summed E-state index contributed by atoms with van der Waals surface area (Å²) in [5.74, 6) is 0.375. The van der Waals surface area contributed by atoms with Gasteiger partial charge in [-0.1, -0.05) is 63.3 Å². The highest BCUT2D eigenvalue weighted by Gasteiger charge is 2.25. The van der Waals surface area contributed by atoms with E-state index in [2.05, 4.69) is 50.4 Å². The van der Waals surface area contributed by atoms with Crippen LogP contribution in [-0.2, 0) is 27.9 Å². The Labute approximate surface area is 209 Å². The summed E-state index contributed by atoms with van der Waals surface area (Å²) in [7, 11) is 1.52. The molecule has 0 saturated carbocycles. The predicted octanol–water partition coefficient (Wildman–Crippen LogP) is 5.95. The molecule has 0 saturated heterocycles. The number of carbonyl (C=O) groups excluding carboxylic acids is 1. The number of esters is 1. The van der Waals surface area contributed by atoms with Crippen LogP contribution in [0.3, 0.4) is 0 Å². The molecule has 2 rings (SSSR count). The normalized spacial score (nSPS) is 12.7. The van der Waals surface area contributed by atoms with Crippen LogP contribution in [0.4, 0.5) is 0 Å². The molecule has 5 nitrogen and oxygen atoms in total. The summed E-state index contributed by atoms with van der Waals surface area (Å²) >= 11 is 5.62. The van der Waals surface area contributed by atoms with Crippen LogP contribution >= 0.6 is 12.2 Å². The van der Waals surface area contributed by atoms with Crippen molar-refractivity contribution < 1.29 is 19.4 Å². The number of carbonyl (C=O) groups is 1. The third-order valence-corrected chi connectivity index (χ3v) is 5.93. The molecule has 186 valence electrons. The fourth-order valence-corrected chi connectivity index (χ4v) is 3.75. The zero-order chi connectivity index (χ0) is 25.5. The number of hydrogen-bond donors (Lipinski definition) is 2. The van der Waals surface area contributed by atoms with Gasteiger partial charge in [-0.2, -0.15) is 0 Å². The maximum atomic E-state index is 12.4. The average molecular weight is 486 g/mol. The van der Waals surface area contributed by atoms with Crippen molar-refractivity contribution >= 4 is 23.2 Å². The van der Waals surface area contributed by atoms with E-state index in [0.717, 1.165) is 12.0 Å². The number of rotatable bonds is 9. The molecule has 0 fully saturated rings. The van der Waals surface area contributed by atoms with Gasteiger partial charge < -0.3 is 19.9 Å². The molecular weight excluding hydrogens is 446 g/mol. The zero-order valence-electron chi connectivity index (χ0n) is 21.5. The van der Waals surface area contributed by atoms with E-state index in [1.807, 2.05) is 26.8 Å². The Morgan fingerprint density at radius 3 is 2.21 bits per heavy atom. The molecule has 2 aromatic rings. The van der Waals surface area contributed by atoms with Gasteiger partial charge in [0.2, 0.25) is 0 Å². The van der Waals surface area contributed by atoms with Crippen molar-refractivity contribution in [1.29, 1.82) is 0 Å². The molecule has 6 heteroatoms. The number of hydrogen-bond acceptors (Lipinski definition) is 5. The summed E-state index contributed by atoms with van der Waals surface area (Å²) in [6.07, 6.45) is 1.36. The number of methoxy groups -OCH3 is 1. The molecule has 1 atom stereocenters. The maximum Gasteiger partial charge on any atom is 0.311 e. The number of aromatic hydroxyl groups is 1. The minimum Gasteiger partial charge on any atom is -0.504 e. The van der Waals surface area contributed by atoms with Crippen molar-refractivity contribution in [3.63, 3.8) is 0 Å². The summed E-state index contributed by atoms with van der Waals surface area (Å²) in [6.45, 7) is 13.0. The van der Waals surface area contributed by atoms with Gasteiger partial charge in [0.1, 0.15) is 0 Å². The smallest absolute Gasteiger partial charge is 0.311 e. The van der Waals surface area contributed by atoms with E-state index in [4.69, 9.17) is 21.7 Å². The highest BCUT2D eigenvalue weighted by molar-refractivity contribution is 7.80. The quantitative estimate of drug-likeness (QED) is 0.338. The second kappa shape index (κ2) is 11.7. The van der Waals surface area contributed by atoms with Crippen LogP contribution in [0.2, 0.25) is 0 Å². The maximum absolute atomic E-state index is 12.4. The lowest BCUT2D eigenvalue weighted by Gasteiger charge is -2.23. The standard InChI is InChI=1S/C28H39NO4S/c1-27(2,3)22-11-8-19(9-12-22)14-21(18-33-26(31)28(4,5)6)16-25(34)29-17-20-10-13-23(30)24(15-20)32-7/h8-13,15,21,30H,14,16-18H2,1-7H3,(H,29,34). The second-order valence-electron chi connectivity index (χ2n) is 10.9. The summed E-state index contributed by atoms with van der Waals surface area (Å²) in [6, 6.07) is 13.9. The first-order valence-corrected chi connectivity index (χ1v) is 12.1. The largest absolute Gasteiger partial charge is 0.504 e. The number of nitrogens with one attached hydrogen (secondary N) is 1. The minimum atomic E-state index is -0.546. The lowest BCUT2D eigenvalue weighted by molar-refractivity contribution is -0.154. The molecule has 0 radical (unpaired) electrons. The topological polar surface area (TPSA) is 67.8 Å². The first kappa shape index (κ1) is 27.6. The highest BCUT2D eigenvalue weighted by atomic mass is 32.1. The third kappa shape index (κ3) is 8.64. The van der Waals surface area contributed by atoms with Gasteiger partial charge in [-0.25, -0.2) is 0 Å². The van der Waals surface area contributed by atoms with Crippen LogP contribution in [0.1, 0.15) is 64.7 Å². The second-order valence-corrected chi connectivity index (χ2v) is 11.3. The average Bonchev–Trinajstić information content (AvgIpc) is 2.75. The van der Waals surface area contributed by atoms with Gasteiger partial charge in [-0.3, -0.25) is 4.79 Å². The Morgan fingerprint density at radius 2 is 1.65 bits per heavy atom. The lowest BCUT2D eigenvalue weighted by Crippen LogP contribution is -2.29. The van der Waals surface area contributed by atoms with E-state index in [1.54, 1.807) is 12.1 Å². The van der Waals surface area contributed by atoms with E-state index in [1.165, 1.54) is 18.2 Å². The number of phenols is 1. The molecule has 0 aliphatic carbocycles. The van der Waals surface area contributed by atoms with Gasteiger partial charge >= 0.3 is 5.97 Å². The summed E-state index contributed by atoms with van der Waals surface area (Å²) in [5.41, 5.74) is 2.98. The van der Waals surface area contributed by atoms with Crippen molar-refractivity contribution in [1.82, 2.24) is 5.32 Å². The van der Waals surface area contributed by atoms with Crippen molar-refractivity contribution in [2.45, 2.75) is 66.3 Å². The summed E-state index contributed by atoms with van der Waals surface area (Å²) < 4.78 is 10.8. The zero-order valence-corrected chi connectivity index (χ0v) is 22.3. The van der Waals surface area contributed by atoms with Crippen LogP contribution in [-0.4, -0.2) is 29.8 Å². The van der Waals surface area contributed by atoms with Crippen LogP contribution in [0.5, 0.6) is 11.5 Å². The minimum absolute atomic E-state index is 0.0566. The molecule has 0 aliphatic rings. The number of benzene rings is 2. The molecular formula is C28H39NO4S. The van der Waals surface area contributed by atoms with Crippen molar-refractivity contribution in [3.8, 4) is 11.5 Å². The van der Waals surface area contributed by atoms with Gasteiger partial charge in [0.25, 0.3) is 0 Å². The number of thiocarbonyl (C=S) groups is 1. The van der Waals surface area contributed by atoms with Crippen LogP contribution in [0.15, 0.2) is 42.5 Å². The van der Waals surface area contributed by atoms with E-state index >= 15 is 0 Å². The number of ether oxygens (including phenoxy) is 2. The Hall–Kier alpha value is -2.60. The Bertz CT molecular complexity index is 971. The SMILES string of the molecule is COc1cc(CNC(=S)CC(COC(=O)C(C)(C)C)Cc2ccc(C(C)(C)C)cc2)ccc1O. The monoisotopic (exact) mass is 485 g/mol. The third-order valence-electron chi connectivity index (χ3n) is 5.61. The molecule has 2 aromatic carbocycles. The van der Waals surface area contributed by atoms with Gasteiger partial charge in [0.05, 0.1) is 24.1 Å². The fourth-order valence-electron chi connectivity index (χ4n) is 3.44. The number of phenolic OH excluding ortho intramolecular Hbond substituents is 1. The molecule has 1 unspecified atom stereocenters. The predicted molar refractivity (Wildman–Crippen MR) is 141 cm³/mol. The molecule has 0 bridgehead atoms. The van der Waals surface area contributed by atoms with Crippen molar-refractivity contribution in [3.05, 3.63) is 59.2 Å². The fraction of sp³-hybridized carbons (Fsp3) is 0.500. The van der Waals surface area contributed by atoms with E-state index in [0.29, 0.717) is 30.3 Å². The van der Waals surface area contributed by atoms with Crippen LogP contribution in [0, 0.1) is 11.3 Å². The van der Waals surface area contributed by atoms with E-state index < -0.39 is 5.41 Å². The highest BCUT2D eigenvalue weighted by Crippen LogP contribution is 2.27. The van der Waals surface area contributed by atoms with E-state index in [9.17, 15) is 9.90 Å². The van der Waals surface area contributed by atoms with Crippen LogP contribution < -0.4 is 10.1 Å². The van der Waals surface area contributed by atoms with Gasteiger partial charge in [-0.15, -0.1) is 0 Å². The van der Waals surface area contributed by atoms with E-state index in [-0.39, 0.29) is 23.1 Å². The first-order chi connectivity index (χ1) is 15.8. The lowest BCUT2D eigenvalue weighted by atomic mass is 9.86. The Morgan fingerprint density at radius 1 is 1.03 bits per heavy atom. The van der Waals surface area contributed by atoms with Crippen molar-refractivity contribution in [2.24, 2.45) is 11.3 Å². The molecule has 2 N–H and O–H groups in total. The molecule has 0 amide bonds. The molecule has 0 aliphatic heterocycles.